The summed E-state index contributed by atoms with van der Waals surface area (Å²) >= 11 is 1.19. The highest BCUT2D eigenvalue weighted by Crippen LogP contribution is 2.47. The van der Waals surface area contributed by atoms with E-state index < -0.39 is 11.7 Å². The molecule has 29 heavy (non-hydrogen) atoms. The van der Waals surface area contributed by atoms with E-state index in [1.807, 2.05) is 19.9 Å². The lowest BCUT2D eigenvalue weighted by molar-refractivity contribution is -0.113. The number of nitrogens with zero attached hydrogens (tertiary/aromatic N) is 1. The standard InChI is InChI=1S/C21H23N3O4S/c1-12-9-13(2)23-20(18(12)19(22)26)29-11-17(25)24-14-5-6-15-16(10-14)28-21(27-15)7-3-4-8-21/h5-6,9-10H,3-4,7-8,11H2,1-2H3,(H2,22,26)(H,24,25). The maximum absolute atomic E-state index is 12.4. The molecule has 2 heterocycles. The van der Waals surface area contributed by atoms with E-state index in [1.54, 1.807) is 18.2 Å². The van der Waals surface area contributed by atoms with Crippen molar-refractivity contribution < 1.29 is 19.1 Å². The van der Waals surface area contributed by atoms with Crippen LogP contribution in [-0.2, 0) is 4.79 Å². The van der Waals surface area contributed by atoms with E-state index in [4.69, 9.17) is 15.2 Å². The third-order valence-corrected chi connectivity index (χ3v) is 6.06. The highest BCUT2D eigenvalue weighted by atomic mass is 32.2. The molecule has 0 unspecified atom stereocenters. The number of thioether (sulfide) groups is 1. The van der Waals surface area contributed by atoms with Crippen molar-refractivity contribution >= 4 is 29.3 Å². The molecule has 1 aliphatic heterocycles. The van der Waals surface area contributed by atoms with Crippen LogP contribution in [0.15, 0.2) is 29.3 Å². The number of hydrogen-bond acceptors (Lipinski definition) is 6. The Balaban J connectivity index is 1.41. The second-order valence-corrected chi connectivity index (χ2v) is 8.41. The number of rotatable bonds is 5. The smallest absolute Gasteiger partial charge is 0.251 e. The van der Waals surface area contributed by atoms with Crippen molar-refractivity contribution in [2.75, 3.05) is 11.1 Å². The van der Waals surface area contributed by atoms with E-state index in [9.17, 15) is 9.59 Å². The lowest BCUT2D eigenvalue weighted by Crippen LogP contribution is -2.34. The fraction of sp³-hybridized carbons (Fsp3) is 0.381. The molecule has 1 spiro atoms. The zero-order valence-electron chi connectivity index (χ0n) is 16.4. The van der Waals surface area contributed by atoms with Gasteiger partial charge in [-0.3, -0.25) is 9.59 Å². The van der Waals surface area contributed by atoms with E-state index in [0.29, 0.717) is 27.8 Å². The summed E-state index contributed by atoms with van der Waals surface area (Å²) in [6, 6.07) is 7.20. The predicted octanol–water partition coefficient (Wildman–Crippen LogP) is 3.57. The zero-order chi connectivity index (χ0) is 20.6. The molecule has 8 heteroatoms. The molecule has 3 N–H and O–H groups in total. The van der Waals surface area contributed by atoms with Crippen LogP contribution >= 0.6 is 11.8 Å². The minimum Gasteiger partial charge on any atom is -0.448 e. The van der Waals surface area contributed by atoms with Crippen molar-refractivity contribution in [3.63, 3.8) is 0 Å². The number of aromatic nitrogens is 1. The topological polar surface area (TPSA) is 104 Å². The first-order valence-corrected chi connectivity index (χ1v) is 10.6. The molecule has 4 rings (SSSR count). The molecular formula is C21H23N3O4S. The van der Waals surface area contributed by atoms with Gasteiger partial charge in [0.25, 0.3) is 11.7 Å². The number of anilines is 1. The van der Waals surface area contributed by atoms with Crippen molar-refractivity contribution in [1.29, 1.82) is 0 Å². The first kappa shape index (κ1) is 19.6. The molecule has 0 bridgehead atoms. The van der Waals surface area contributed by atoms with E-state index >= 15 is 0 Å². The summed E-state index contributed by atoms with van der Waals surface area (Å²) in [5.74, 6) is 0.194. The molecule has 1 saturated carbocycles. The Morgan fingerprint density at radius 1 is 1.17 bits per heavy atom. The molecule has 1 aromatic heterocycles. The number of amides is 2. The van der Waals surface area contributed by atoms with Crippen LogP contribution < -0.4 is 20.5 Å². The Morgan fingerprint density at radius 2 is 1.90 bits per heavy atom. The van der Waals surface area contributed by atoms with E-state index in [-0.39, 0.29) is 11.7 Å². The maximum atomic E-state index is 12.4. The van der Waals surface area contributed by atoms with E-state index in [0.717, 1.165) is 36.9 Å². The number of ether oxygens (including phenoxy) is 2. The fourth-order valence-corrected chi connectivity index (χ4v) is 4.78. The number of aryl methyl sites for hydroxylation is 2. The molecule has 1 aromatic carbocycles. The van der Waals surface area contributed by atoms with Gasteiger partial charge in [0.05, 0.1) is 11.3 Å². The third kappa shape index (κ3) is 4.03. The average molecular weight is 413 g/mol. The average Bonchev–Trinajstić information content (AvgIpc) is 3.24. The molecule has 2 aliphatic rings. The number of nitrogens with two attached hydrogens (primary N) is 1. The van der Waals surface area contributed by atoms with Gasteiger partial charge in [0.1, 0.15) is 5.03 Å². The van der Waals surface area contributed by atoms with Crippen molar-refractivity contribution in [2.24, 2.45) is 5.73 Å². The molecule has 1 aliphatic carbocycles. The quantitative estimate of drug-likeness (QED) is 0.727. The summed E-state index contributed by atoms with van der Waals surface area (Å²) in [7, 11) is 0. The van der Waals surface area contributed by atoms with Gasteiger partial charge in [0, 0.05) is 30.3 Å². The summed E-state index contributed by atoms with van der Waals surface area (Å²) in [5, 5.41) is 3.33. The van der Waals surface area contributed by atoms with Gasteiger partial charge in [-0.15, -0.1) is 0 Å². The summed E-state index contributed by atoms with van der Waals surface area (Å²) in [4.78, 5) is 28.6. The number of benzene rings is 1. The molecule has 152 valence electrons. The van der Waals surface area contributed by atoms with Gasteiger partial charge in [0.15, 0.2) is 11.5 Å². The SMILES string of the molecule is Cc1cc(C)c(C(N)=O)c(SCC(=O)Nc2ccc3c(c2)OC2(CCCC2)O3)n1. The Hall–Kier alpha value is -2.74. The Labute approximate surface area is 173 Å². The number of nitrogens with one attached hydrogen (secondary N) is 1. The van der Waals surface area contributed by atoms with E-state index in [1.165, 1.54) is 11.8 Å². The predicted molar refractivity (Wildman–Crippen MR) is 110 cm³/mol. The number of primary amides is 1. The number of hydrogen-bond donors (Lipinski definition) is 2. The molecule has 7 nitrogen and oxygen atoms in total. The Kier molecular flexibility index (Phi) is 5.12. The monoisotopic (exact) mass is 413 g/mol. The highest BCUT2D eigenvalue weighted by Gasteiger charge is 2.44. The summed E-state index contributed by atoms with van der Waals surface area (Å²) < 4.78 is 12.0. The molecule has 2 aromatic rings. The minimum absolute atomic E-state index is 0.106. The largest absolute Gasteiger partial charge is 0.448 e. The first-order valence-electron chi connectivity index (χ1n) is 9.58. The van der Waals surface area contributed by atoms with Crippen molar-refractivity contribution in [1.82, 2.24) is 4.98 Å². The third-order valence-electron chi connectivity index (χ3n) is 5.08. The van der Waals surface area contributed by atoms with Crippen LogP contribution in [0.1, 0.15) is 47.3 Å². The van der Waals surface area contributed by atoms with Gasteiger partial charge in [-0.2, -0.15) is 0 Å². The van der Waals surface area contributed by atoms with Crippen LogP contribution in [0, 0.1) is 13.8 Å². The molecule has 0 atom stereocenters. The lowest BCUT2D eigenvalue weighted by Gasteiger charge is -2.21. The molecule has 1 fully saturated rings. The second kappa shape index (κ2) is 7.59. The Bertz CT molecular complexity index is 986. The van der Waals surface area contributed by atoms with Gasteiger partial charge >= 0.3 is 0 Å². The van der Waals surface area contributed by atoms with Gasteiger partial charge in [-0.05, 0) is 50.5 Å². The summed E-state index contributed by atoms with van der Waals surface area (Å²) in [6.07, 6.45) is 3.94. The molecular weight excluding hydrogens is 390 g/mol. The normalized spacial score (nSPS) is 16.2. The lowest BCUT2D eigenvalue weighted by atomic mass is 10.1. The van der Waals surface area contributed by atoms with Crippen molar-refractivity contribution in [3.05, 3.63) is 41.1 Å². The van der Waals surface area contributed by atoms with Gasteiger partial charge in [-0.1, -0.05) is 11.8 Å². The first-order chi connectivity index (χ1) is 13.8. The Morgan fingerprint density at radius 3 is 2.62 bits per heavy atom. The zero-order valence-corrected chi connectivity index (χ0v) is 17.2. The van der Waals surface area contributed by atoms with Crippen LogP contribution in [0.5, 0.6) is 11.5 Å². The van der Waals surface area contributed by atoms with Crippen molar-refractivity contribution in [3.8, 4) is 11.5 Å². The van der Waals surface area contributed by atoms with Crippen LogP contribution in [-0.4, -0.2) is 28.3 Å². The van der Waals surface area contributed by atoms with E-state index in [2.05, 4.69) is 10.3 Å². The highest BCUT2D eigenvalue weighted by molar-refractivity contribution is 8.00. The number of fused-ring (bicyclic) bond motifs is 1. The van der Waals surface area contributed by atoms with Crippen LogP contribution in [0.3, 0.4) is 0 Å². The number of carbonyl (C=O) groups excluding carboxylic acids is 2. The maximum Gasteiger partial charge on any atom is 0.251 e. The van der Waals surface area contributed by atoms with Gasteiger partial charge in [-0.25, -0.2) is 4.98 Å². The van der Waals surface area contributed by atoms with Gasteiger partial charge in [0.2, 0.25) is 5.91 Å². The van der Waals surface area contributed by atoms with Crippen LogP contribution in [0.2, 0.25) is 0 Å². The minimum atomic E-state index is -0.547. The second-order valence-electron chi connectivity index (χ2n) is 7.45. The molecule has 0 radical (unpaired) electrons. The number of carbonyl (C=O) groups is 2. The molecule has 0 saturated heterocycles. The van der Waals surface area contributed by atoms with Crippen LogP contribution in [0.4, 0.5) is 5.69 Å². The number of pyridine rings is 1. The molecule has 2 amide bonds. The van der Waals surface area contributed by atoms with Crippen molar-refractivity contribution in [2.45, 2.75) is 50.3 Å². The summed E-state index contributed by atoms with van der Waals surface area (Å²) in [6.45, 7) is 3.65. The fourth-order valence-electron chi connectivity index (χ4n) is 3.83. The van der Waals surface area contributed by atoms with Crippen LogP contribution in [0.25, 0.3) is 0 Å². The van der Waals surface area contributed by atoms with Gasteiger partial charge < -0.3 is 20.5 Å². The summed E-state index contributed by atoms with van der Waals surface area (Å²) in [5.41, 5.74) is 8.00.